The molecule has 1 heterocycles. The minimum absolute atomic E-state index is 0.0944. The molecule has 0 amide bonds. The highest BCUT2D eigenvalue weighted by molar-refractivity contribution is 6.05. The molecule has 2 aromatic rings. The molecule has 0 aliphatic rings. The predicted molar refractivity (Wildman–Crippen MR) is 73.7 cm³/mol. The van der Waals surface area contributed by atoms with Crippen molar-refractivity contribution >= 4 is 11.9 Å². The van der Waals surface area contributed by atoms with E-state index in [4.69, 9.17) is 0 Å². The van der Waals surface area contributed by atoms with Gasteiger partial charge in [0.1, 0.15) is 11.5 Å². The van der Waals surface area contributed by atoms with E-state index in [0.717, 1.165) is 12.1 Å². The Hall–Kier alpha value is -2.50. The average molecular weight is 309 g/mol. The molecule has 1 aromatic carbocycles. The topological polar surface area (TPSA) is 30.0 Å². The van der Waals surface area contributed by atoms with Crippen molar-refractivity contribution in [2.24, 2.45) is 0 Å². The summed E-state index contributed by atoms with van der Waals surface area (Å²) in [6.45, 7) is 1.59. The zero-order valence-corrected chi connectivity index (χ0v) is 11.5. The Balaban J connectivity index is 2.14. The number of allylic oxidation sites excluding steroid dienone is 1. The first-order chi connectivity index (χ1) is 10.3. The lowest BCUT2D eigenvalue weighted by atomic mass is 10.1. The molecular weight excluding hydrogens is 298 g/mol. The fourth-order valence-electron chi connectivity index (χ4n) is 1.74. The number of nitrogens with zero attached hydrogens (tertiary/aromatic N) is 1. The van der Waals surface area contributed by atoms with Crippen molar-refractivity contribution in [1.82, 2.24) is 4.98 Å². The van der Waals surface area contributed by atoms with Crippen molar-refractivity contribution in [3.63, 3.8) is 0 Å². The summed E-state index contributed by atoms with van der Waals surface area (Å²) in [4.78, 5) is 15.3. The number of hydrogen-bond acceptors (Lipinski definition) is 2. The zero-order chi connectivity index (χ0) is 16.3. The molecule has 1 aromatic heterocycles. The maximum Gasteiger partial charge on any atom is 0.417 e. The van der Waals surface area contributed by atoms with Crippen LogP contribution in [0.25, 0.3) is 6.08 Å². The monoisotopic (exact) mass is 309 g/mol. The van der Waals surface area contributed by atoms with E-state index in [0.29, 0.717) is 17.3 Å². The fraction of sp³-hybridized carbons (Fsp3) is 0.125. The largest absolute Gasteiger partial charge is 0.417 e. The maximum absolute atomic E-state index is 13.1. The van der Waals surface area contributed by atoms with Gasteiger partial charge < -0.3 is 0 Å². The van der Waals surface area contributed by atoms with Gasteiger partial charge in [-0.1, -0.05) is 12.1 Å². The number of hydrogen-bond donors (Lipinski definition) is 0. The normalized spacial score (nSPS) is 11.9. The third-order valence-corrected chi connectivity index (χ3v) is 2.95. The molecule has 6 heteroatoms. The summed E-state index contributed by atoms with van der Waals surface area (Å²) < 4.78 is 50.3. The van der Waals surface area contributed by atoms with Gasteiger partial charge >= 0.3 is 6.18 Å². The van der Waals surface area contributed by atoms with Crippen LogP contribution in [0.15, 0.2) is 42.6 Å². The van der Waals surface area contributed by atoms with Crippen LogP contribution in [0.2, 0.25) is 0 Å². The summed E-state index contributed by atoms with van der Waals surface area (Å²) in [5, 5.41) is 0. The predicted octanol–water partition coefficient (Wildman–Crippen LogP) is 4.44. The van der Waals surface area contributed by atoms with E-state index in [1.54, 1.807) is 13.0 Å². The van der Waals surface area contributed by atoms with Crippen LogP contribution in [-0.2, 0) is 6.18 Å². The van der Waals surface area contributed by atoms with Gasteiger partial charge in [-0.25, -0.2) is 4.39 Å². The van der Waals surface area contributed by atoms with E-state index in [1.807, 2.05) is 0 Å². The standard InChI is InChI=1S/C16H11F4NO/c1-10-8-11(2-5-13(10)17)3-7-15(22)14-6-4-12(9-21-14)16(18,19)20/h2-9H,1H3/b7-3+. The summed E-state index contributed by atoms with van der Waals surface area (Å²) in [7, 11) is 0. The molecule has 114 valence electrons. The van der Waals surface area contributed by atoms with Crippen molar-refractivity contribution in [3.05, 3.63) is 70.8 Å². The Morgan fingerprint density at radius 2 is 1.91 bits per heavy atom. The maximum atomic E-state index is 13.1. The van der Waals surface area contributed by atoms with E-state index >= 15 is 0 Å². The Labute approximate surface area is 124 Å². The van der Waals surface area contributed by atoms with Gasteiger partial charge in [-0.3, -0.25) is 9.78 Å². The molecule has 0 N–H and O–H groups in total. The number of aryl methyl sites for hydroxylation is 1. The van der Waals surface area contributed by atoms with Gasteiger partial charge in [0.2, 0.25) is 5.78 Å². The first kappa shape index (κ1) is 15.9. The number of halogens is 4. The molecule has 0 fully saturated rings. The quantitative estimate of drug-likeness (QED) is 0.476. The van der Waals surface area contributed by atoms with Gasteiger partial charge in [-0.15, -0.1) is 0 Å². The summed E-state index contributed by atoms with van der Waals surface area (Å²) >= 11 is 0. The third kappa shape index (κ3) is 3.78. The van der Waals surface area contributed by atoms with Crippen molar-refractivity contribution in [2.75, 3.05) is 0 Å². The van der Waals surface area contributed by atoms with Gasteiger partial charge in [-0.2, -0.15) is 13.2 Å². The zero-order valence-electron chi connectivity index (χ0n) is 11.5. The van der Waals surface area contributed by atoms with Gasteiger partial charge in [0.15, 0.2) is 0 Å². The molecular formula is C16H11F4NO. The highest BCUT2D eigenvalue weighted by Gasteiger charge is 2.30. The minimum Gasteiger partial charge on any atom is -0.288 e. The molecule has 0 saturated carbocycles. The van der Waals surface area contributed by atoms with Gasteiger partial charge in [0.05, 0.1) is 5.56 Å². The summed E-state index contributed by atoms with van der Waals surface area (Å²) in [5.74, 6) is -0.886. The summed E-state index contributed by atoms with van der Waals surface area (Å²) in [6.07, 6.45) is -1.24. The number of aromatic nitrogens is 1. The van der Waals surface area contributed by atoms with Crippen molar-refractivity contribution in [2.45, 2.75) is 13.1 Å². The Morgan fingerprint density at radius 1 is 1.18 bits per heavy atom. The number of ketones is 1. The van der Waals surface area contributed by atoms with E-state index in [9.17, 15) is 22.4 Å². The molecule has 0 atom stereocenters. The Bertz CT molecular complexity index is 718. The molecule has 0 saturated heterocycles. The van der Waals surface area contributed by atoms with Crippen LogP contribution >= 0.6 is 0 Å². The number of carbonyl (C=O) groups is 1. The van der Waals surface area contributed by atoms with E-state index in [2.05, 4.69) is 4.98 Å². The molecule has 0 spiro atoms. The molecule has 2 rings (SSSR count). The smallest absolute Gasteiger partial charge is 0.288 e. The van der Waals surface area contributed by atoms with Crippen LogP contribution in [0, 0.1) is 12.7 Å². The first-order valence-corrected chi connectivity index (χ1v) is 6.29. The molecule has 0 aliphatic heterocycles. The molecule has 2 nitrogen and oxygen atoms in total. The number of benzene rings is 1. The van der Waals surface area contributed by atoms with Crippen LogP contribution in [0.3, 0.4) is 0 Å². The SMILES string of the molecule is Cc1cc(/C=C/C(=O)c2ccc(C(F)(F)F)cn2)ccc1F. The lowest BCUT2D eigenvalue weighted by Gasteiger charge is -2.05. The Morgan fingerprint density at radius 3 is 2.45 bits per heavy atom. The van der Waals surface area contributed by atoms with Crippen molar-refractivity contribution in [1.29, 1.82) is 0 Å². The second kappa shape index (κ2) is 6.09. The van der Waals surface area contributed by atoms with Crippen LogP contribution in [0.5, 0.6) is 0 Å². The number of rotatable bonds is 3. The molecule has 0 unspecified atom stereocenters. The first-order valence-electron chi connectivity index (χ1n) is 6.29. The van der Waals surface area contributed by atoms with E-state index in [-0.39, 0.29) is 11.5 Å². The molecule has 0 bridgehead atoms. The summed E-state index contributed by atoms with van der Waals surface area (Å²) in [5.41, 5.74) is 0.0340. The van der Waals surface area contributed by atoms with Gasteiger partial charge in [-0.05, 0) is 48.4 Å². The van der Waals surface area contributed by atoms with E-state index < -0.39 is 17.5 Å². The third-order valence-electron chi connectivity index (χ3n) is 2.95. The average Bonchev–Trinajstić information content (AvgIpc) is 2.47. The second-order valence-corrected chi connectivity index (χ2v) is 4.64. The minimum atomic E-state index is -4.49. The fourth-order valence-corrected chi connectivity index (χ4v) is 1.74. The van der Waals surface area contributed by atoms with E-state index in [1.165, 1.54) is 24.3 Å². The van der Waals surface area contributed by atoms with Gasteiger partial charge in [0.25, 0.3) is 0 Å². The van der Waals surface area contributed by atoms with Gasteiger partial charge in [0, 0.05) is 6.20 Å². The molecule has 0 aliphatic carbocycles. The number of pyridine rings is 1. The highest BCUT2D eigenvalue weighted by atomic mass is 19.4. The molecule has 22 heavy (non-hydrogen) atoms. The van der Waals surface area contributed by atoms with Crippen LogP contribution in [0.1, 0.15) is 27.2 Å². The number of alkyl halides is 3. The van der Waals surface area contributed by atoms with Crippen LogP contribution in [-0.4, -0.2) is 10.8 Å². The lowest BCUT2D eigenvalue weighted by molar-refractivity contribution is -0.137. The van der Waals surface area contributed by atoms with Crippen LogP contribution < -0.4 is 0 Å². The Kier molecular flexibility index (Phi) is 4.40. The second-order valence-electron chi connectivity index (χ2n) is 4.64. The highest BCUT2D eigenvalue weighted by Crippen LogP contribution is 2.28. The van der Waals surface area contributed by atoms with Crippen molar-refractivity contribution in [3.8, 4) is 0 Å². The number of carbonyl (C=O) groups excluding carboxylic acids is 1. The summed E-state index contributed by atoms with van der Waals surface area (Å²) in [6, 6.07) is 6.14. The molecule has 0 radical (unpaired) electrons. The van der Waals surface area contributed by atoms with Crippen molar-refractivity contribution < 1.29 is 22.4 Å². The van der Waals surface area contributed by atoms with Crippen LogP contribution in [0.4, 0.5) is 17.6 Å². The lowest BCUT2D eigenvalue weighted by Crippen LogP contribution is -2.07.